The number of hydrogen-bond donors (Lipinski definition) is 1. The van der Waals surface area contributed by atoms with Crippen LogP contribution in [0.4, 0.5) is 0 Å². The number of hydrogen-bond acceptors (Lipinski definition) is 2. The lowest BCUT2D eigenvalue weighted by Gasteiger charge is -2.24. The van der Waals surface area contributed by atoms with Gasteiger partial charge in [-0.1, -0.05) is 32.1 Å². The van der Waals surface area contributed by atoms with Gasteiger partial charge in [-0.2, -0.15) is 0 Å². The van der Waals surface area contributed by atoms with Gasteiger partial charge < -0.3 is 10.1 Å². The fourth-order valence-electron chi connectivity index (χ4n) is 3.73. The summed E-state index contributed by atoms with van der Waals surface area (Å²) in [6, 6.07) is 1.60. The van der Waals surface area contributed by atoms with Crippen molar-refractivity contribution in [3.8, 4) is 0 Å². The van der Waals surface area contributed by atoms with Crippen molar-refractivity contribution < 1.29 is 4.74 Å². The van der Waals surface area contributed by atoms with E-state index >= 15 is 0 Å². The van der Waals surface area contributed by atoms with Crippen LogP contribution in [-0.4, -0.2) is 25.8 Å². The van der Waals surface area contributed by atoms with E-state index in [1.807, 2.05) is 7.11 Å². The number of nitrogens with one attached hydrogen (secondary N) is 1. The molecule has 2 atom stereocenters. The molecule has 0 aliphatic heterocycles. The Balaban J connectivity index is 1.72. The summed E-state index contributed by atoms with van der Waals surface area (Å²) in [5.74, 6) is 0.816. The van der Waals surface area contributed by atoms with Gasteiger partial charge in [0.2, 0.25) is 0 Å². The minimum Gasteiger partial charge on any atom is -0.384 e. The summed E-state index contributed by atoms with van der Waals surface area (Å²) < 4.78 is 5.32. The molecule has 2 aliphatic carbocycles. The van der Waals surface area contributed by atoms with Crippen molar-refractivity contribution in [2.45, 2.75) is 82.7 Å². The average Bonchev–Trinajstić information content (AvgIpc) is 2.74. The molecule has 2 fully saturated rings. The van der Waals surface area contributed by atoms with Gasteiger partial charge in [0.05, 0.1) is 0 Å². The molecular weight excluding hydrogens is 222 g/mol. The molecule has 106 valence electrons. The molecular formula is C16H31NO. The topological polar surface area (TPSA) is 21.3 Å². The van der Waals surface area contributed by atoms with Crippen LogP contribution in [0, 0.1) is 5.92 Å². The van der Waals surface area contributed by atoms with E-state index in [9.17, 15) is 0 Å². The first-order valence-electron chi connectivity index (χ1n) is 8.13. The van der Waals surface area contributed by atoms with Gasteiger partial charge in [-0.15, -0.1) is 0 Å². The van der Waals surface area contributed by atoms with Gasteiger partial charge in [0, 0.05) is 25.8 Å². The third-order valence-electron chi connectivity index (χ3n) is 4.82. The van der Waals surface area contributed by atoms with Gasteiger partial charge in [-0.25, -0.2) is 0 Å². The van der Waals surface area contributed by atoms with Crippen molar-refractivity contribution in [2.75, 3.05) is 13.7 Å². The Morgan fingerprint density at radius 2 is 1.44 bits per heavy atom. The maximum Gasteiger partial charge on any atom is 0.0490 e. The van der Waals surface area contributed by atoms with E-state index in [4.69, 9.17) is 4.74 Å². The summed E-state index contributed by atoms with van der Waals surface area (Å²) in [4.78, 5) is 0. The molecule has 0 radical (unpaired) electrons. The van der Waals surface area contributed by atoms with Crippen LogP contribution in [0.2, 0.25) is 0 Å². The molecule has 0 aromatic rings. The third-order valence-corrected chi connectivity index (χ3v) is 4.82. The highest BCUT2D eigenvalue weighted by atomic mass is 16.5. The summed E-state index contributed by atoms with van der Waals surface area (Å²) in [6.45, 7) is 0.968. The molecule has 1 N–H and O–H groups in total. The lowest BCUT2D eigenvalue weighted by molar-refractivity contribution is 0.144. The molecule has 2 nitrogen and oxygen atoms in total. The van der Waals surface area contributed by atoms with Gasteiger partial charge in [0.15, 0.2) is 0 Å². The van der Waals surface area contributed by atoms with Gasteiger partial charge >= 0.3 is 0 Å². The zero-order valence-corrected chi connectivity index (χ0v) is 12.1. The number of rotatable bonds is 4. The largest absolute Gasteiger partial charge is 0.384 e. The molecule has 0 bridgehead atoms. The second kappa shape index (κ2) is 8.16. The van der Waals surface area contributed by atoms with Crippen molar-refractivity contribution in [2.24, 2.45) is 5.92 Å². The Morgan fingerprint density at radius 1 is 0.778 bits per heavy atom. The Morgan fingerprint density at radius 3 is 2.17 bits per heavy atom. The van der Waals surface area contributed by atoms with Crippen molar-refractivity contribution in [3.63, 3.8) is 0 Å². The van der Waals surface area contributed by atoms with Crippen molar-refractivity contribution in [1.29, 1.82) is 0 Å². The summed E-state index contributed by atoms with van der Waals surface area (Å²) in [5, 5.41) is 3.96. The minimum absolute atomic E-state index is 0.787. The standard InChI is InChI=1S/C16H31NO/c1-18-13-14-7-6-10-16(12-11-14)17-15-8-4-2-3-5-9-15/h14-17H,2-13H2,1H3/t14-,16-/m0/s1. The van der Waals surface area contributed by atoms with Crippen LogP contribution in [-0.2, 0) is 4.74 Å². The normalized spacial score (nSPS) is 31.8. The molecule has 2 rings (SSSR count). The van der Waals surface area contributed by atoms with Crippen molar-refractivity contribution in [1.82, 2.24) is 5.32 Å². The second-order valence-corrected chi connectivity index (χ2v) is 6.38. The SMILES string of the molecule is COC[C@H]1CCC[C@H](NC2CCCCCC2)CC1. The summed E-state index contributed by atoms with van der Waals surface area (Å²) in [6.07, 6.45) is 15.5. The maximum atomic E-state index is 5.32. The lowest BCUT2D eigenvalue weighted by atomic mass is 10.0. The van der Waals surface area contributed by atoms with Crippen molar-refractivity contribution in [3.05, 3.63) is 0 Å². The fraction of sp³-hybridized carbons (Fsp3) is 1.00. The van der Waals surface area contributed by atoms with E-state index in [0.29, 0.717) is 0 Å². The minimum atomic E-state index is 0.787. The molecule has 2 heteroatoms. The van der Waals surface area contributed by atoms with E-state index < -0.39 is 0 Å². The molecule has 0 spiro atoms. The van der Waals surface area contributed by atoms with E-state index in [1.165, 1.54) is 70.6 Å². The van der Waals surface area contributed by atoms with E-state index in [1.54, 1.807) is 0 Å². The monoisotopic (exact) mass is 253 g/mol. The molecule has 0 aromatic carbocycles. The quantitative estimate of drug-likeness (QED) is 0.767. The lowest BCUT2D eigenvalue weighted by Crippen LogP contribution is -2.37. The van der Waals surface area contributed by atoms with Crippen LogP contribution in [0.15, 0.2) is 0 Å². The predicted octanol–water partition coefficient (Wildman–Crippen LogP) is 3.89. The first-order valence-corrected chi connectivity index (χ1v) is 8.13. The highest BCUT2D eigenvalue weighted by Crippen LogP contribution is 2.25. The van der Waals surface area contributed by atoms with Crippen molar-refractivity contribution >= 4 is 0 Å². The third kappa shape index (κ3) is 4.89. The van der Waals surface area contributed by atoms with E-state index in [0.717, 1.165) is 24.6 Å². The molecule has 0 heterocycles. The predicted molar refractivity (Wildman–Crippen MR) is 76.9 cm³/mol. The van der Waals surface area contributed by atoms with Crippen LogP contribution in [0.25, 0.3) is 0 Å². The molecule has 2 aliphatic rings. The number of ether oxygens (including phenoxy) is 1. The highest BCUT2D eigenvalue weighted by Gasteiger charge is 2.21. The summed E-state index contributed by atoms with van der Waals surface area (Å²) >= 11 is 0. The van der Waals surface area contributed by atoms with Gasteiger partial charge in [0.1, 0.15) is 0 Å². The van der Waals surface area contributed by atoms with Gasteiger partial charge in [0.25, 0.3) is 0 Å². The first-order chi connectivity index (χ1) is 8.88. The zero-order valence-electron chi connectivity index (χ0n) is 12.1. The smallest absolute Gasteiger partial charge is 0.0490 e. The maximum absolute atomic E-state index is 5.32. The van der Waals surface area contributed by atoms with Gasteiger partial charge in [-0.3, -0.25) is 0 Å². The Labute approximate surface area is 113 Å². The molecule has 0 aromatic heterocycles. The zero-order chi connectivity index (χ0) is 12.6. The van der Waals surface area contributed by atoms with Gasteiger partial charge in [-0.05, 0) is 44.4 Å². The van der Waals surface area contributed by atoms with Crippen LogP contribution >= 0.6 is 0 Å². The Kier molecular flexibility index (Phi) is 6.50. The molecule has 18 heavy (non-hydrogen) atoms. The molecule has 0 saturated heterocycles. The van der Waals surface area contributed by atoms with E-state index in [-0.39, 0.29) is 0 Å². The molecule has 0 unspecified atom stereocenters. The van der Waals surface area contributed by atoms with E-state index in [2.05, 4.69) is 5.32 Å². The van der Waals surface area contributed by atoms with Crippen LogP contribution in [0.3, 0.4) is 0 Å². The fourth-order valence-corrected chi connectivity index (χ4v) is 3.73. The van der Waals surface area contributed by atoms with Crippen LogP contribution in [0.5, 0.6) is 0 Å². The first kappa shape index (κ1) is 14.3. The molecule has 2 saturated carbocycles. The Hall–Kier alpha value is -0.0800. The summed E-state index contributed by atoms with van der Waals surface area (Å²) in [5.41, 5.74) is 0. The average molecular weight is 253 g/mol. The summed E-state index contributed by atoms with van der Waals surface area (Å²) in [7, 11) is 1.84. The number of methoxy groups -OCH3 is 1. The molecule has 0 amide bonds. The second-order valence-electron chi connectivity index (χ2n) is 6.38. The highest BCUT2D eigenvalue weighted by molar-refractivity contribution is 4.80. The van der Waals surface area contributed by atoms with Crippen LogP contribution < -0.4 is 5.32 Å². The Bertz CT molecular complexity index is 211. The van der Waals surface area contributed by atoms with Crippen LogP contribution in [0.1, 0.15) is 70.6 Å².